The van der Waals surface area contributed by atoms with E-state index in [0.29, 0.717) is 10.9 Å². The van der Waals surface area contributed by atoms with E-state index in [0.717, 1.165) is 0 Å². The van der Waals surface area contributed by atoms with E-state index in [4.69, 9.17) is 5.73 Å². The van der Waals surface area contributed by atoms with Gasteiger partial charge in [-0.3, -0.25) is 4.98 Å². The Morgan fingerprint density at radius 2 is 1.94 bits per heavy atom. The number of alkyl halides is 3. The lowest BCUT2D eigenvalue weighted by atomic mass is 10.0. The van der Waals surface area contributed by atoms with E-state index in [-0.39, 0.29) is 5.56 Å². The van der Waals surface area contributed by atoms with Crippen LogP contribution in [0.1, 0.15) is 11.6 Å². The standard InChI is InChI=1S/C11H9F3N2/c12-11(13,14)10(15)8-3-4-9-7(6-8)2-1-5-16-9/h1-6,10H,15H2/t10-/m1/s1. The zero-order valence-corrected chi connectivity index (χ0v) is 8.20. The number of benzene rings is 1. The minimum absolute atomic E-state index is 0.0491. The molecule has 0 bridgehead atoms. The molecule has 1 heterocycles. The summed E-state index contributed by atoms with van der Waals surface area (Å²) in [7, 11) is 0. The first kappa shape index (κ1) is 10.9. The molecule has 0 unspecified atom stereocenters. The lowest BCUT2D eigenvalue weighted by Crippen LogP contribution is -2.28. The summed E-state index contributed by atoms with van der Waals surface area (Å²) < 4.78 is 37.2. The Morgan fingerprint density at radius 1 is 1.19 bits per heavy atom. The first-order valence-electron chi connectivity index (χ1n) is 4.65. The molecule has 1 atom stereocenters. The second-order valence-electron chi connectivity index (χ2n) is 3.47. The minimum atomic E-state index is -4.42. The van der Waals surface area contributed by atoms with Crippen molar-refractivity contribution in [3.8, 4) is 0 Å². The molecule has 2 rings (SSSR count). The molecule has 0 amide bonds. The largest absolute Gasteiger partial charge is 0.407 e. The van der Waals surface area contributed by atoms with E-state index < -0.39 is 12.2 Å². The van der Waals surface area contributed by atoms with E-state index >= 15 is 0 Å². The maximum Gasteiger partial charge on any atom is 0.407 e. The topological polar surface area (TPSA) is 38.9 Å². The van der Waals surface area contributed by atoms with Gasteiger partial charge in [-0.05, 0) is 23.8 Å². The number of fused-ring (bicyclic) bond motifs is 1. The summed E-state index contributed by atoms with van der Waals surface area (Å²) in [6.07, 6.45) is -2.83. The van der Waals surface area contributed by atoms with Crippen LogP contribution in [-0.4, -0.2) is 11.2 Å². The molecule has 0 radical (unpaired) electrons. The van der Waals surface area contributed by atoms with Crippen LogP contribution in [0.15, 0.2) is 36.5 Å². The van der Waals surface area contributed by atoms with Gasteiger partial charge in [-0.15, -0.1) is 0 Å². The fourth-order valence-corrected chi connectivity index (χ4v) is 1.48. The van der Waals surface area contributed by atoms with E-state index in [2.05, 4.69) is 4.98 Å². The molecule has 0 fully saturated rings. The quantitative estimate of drug-likeness (QED) is 0.812. The van der Waals surface area contributed by atoms with Crippen LogP contribution in [0.4, 0.5) is 13.2 Å². The van der Waals surface area contributed by atoms with Gasteiger partial charge in [0.15, 0.2) is 0 Å². The Labute approximate surface area is 89.9 Å². The molecule has 0 saturated heterocycles. The summed E-state index contributed by atoms with van der Waals surface area (Å²) in [5, 5.41) is 0.653. The van der Waals surface area contributed by atoms with E-state index in [1.807, 2.05) is 0 Å². The SMILES string of the molecule is N[C@H](c1ccc2ncccc2c1)C(F)(F)F. The van der Waals surface area contributed by atoms with Crippen molar-refractivity contribution in [2.24, 2.45) is 5.73 Å². The predicted octanol–water partition coefficient (Wildman–Crippen LogP) is 2.80. The molecular weight excluding hydrogens is 217 g/mol. The third-order valence-electron chi connectivity index (χ3n) is 2.34. The first-order valence-corrected chi connectivity index (χ1v) is 4.65. The van der Waals surface area contributed by atoms with Gasteiger partial charge in [0.05, 0.1) is 5.52 Å². The van der Waals surface area contributed by atoms with Gasteiger partial charge in [0.2, 0.25) is 0 Å². The molecular formula is C11H9F3N2. The first-order chi connectivity index (χ1) is 7.48. The van der Waals surface area contributed by atoms with Crippen molar-refractivity contribution in [1.82, 2.24) is 4.98 Å². The van der Waals surface area contributed by atoms with Crippen LogP contribution in [-0.2, 0) is 0 Å². The molecule has 5 heteroatoms. The molecule has 0 aliphatic carbocycles. The fraction of sp³-hybridized carbons (Fsp3) is 0.182. The molecule has 2 aromatic rings. The number of hydrogen-bond acceptors (Lipinski definition) is 2. The lowest BCUT2D eigenvalue weighted by Gasteiger charge is -2.16. The molecule has 84 valence electrons. The number of hydrogen-bond donors (Lipinski definition) is 1. The summed E-state index contributed by atoms with van der Waals surface area (Å²) in [6.45, 7) is 0. The molecule has 1 aromatic heterocycles. The van der Waals surface area contributed by atoms with Gasteiger partial charge in [0.25, 0.3) is 0 Å². The van der Waals surface area contributed by atoms with E-state index in [1.54, 1.807) is 18.3 Å². The maximum atomic E-state index is 12.4. The minimum Gasteiger partial charge on any atom is -0.316 e. The van der Waals surface area contributed by atoms with Gasteiger partial charge < -0.3 is 5.73 Å². The van der Waals surface area contributed by atoms with Crippen LogP contribution >= 0.6 is 0 Å². The second-order valence-corrected chi connectivity index (χ2v) is 3.47. The van der Waals surface area contributed by atoms with Crippen molar-refractivity contribution in [2.45, 2.75) is 12.2 Å². The molecule has 0 aliphatic heterocycles. The molecule has 2 nitrogen and oxygen atoms in total. The Morgan fingerprint density at radius 3 is 2.62 bits per heavy atom. The van der Waals surface area contributed by atoms with Crippen molar-refractivity contribution in [1.29, 1.82) is 0 Å². The molecule has 2 N–H and O–H groups in total. The van der Waals surface area contributed by atoms with Crippen LogP contribution in [0, 0.1) is 0 Å². The van der Waals surface area contributed by atoms with Gasteiger partial charge in [-0.25, -0.2) is 0 Å². The summed E-state index contributed by atoms with van der Waals surface area (Å²) in [5.41, 5.74) is 5.82. The molecule has 0 aliphatic rings. The van der Waals surface area contributed by atoms with Crippen molar-refractivity contribution in [3.05, 3.63) is 42.1 Å². The number of pyridine rings is 1. The molecule has 0 spiro atoms. The molecule has 16 heavy (non-hydrogen) atoms. The number of nitrogens with zero attached hydrogens (tertiary/aromatic N) is 1. The fourth-order valence-electron chi connectivity index (χ4n) is 1.48. The summed E-state index contributed by atoms with van der Waals surface area (Å²) in [6, 6.07) is 5.74. The zero-order chi connectivity index (χ0) is 11.8. The Bertz CT molecular complexity index is 508. The third-order valence-corrected chi connectivity index (χ3v) is 2.34. The Balaban J connectivity index is 2.47. The highest BCUT2D eigenvalue weighted by atomic mass is 19.4. The van der Waals surface area contributed by atoms with Crippen molar-refractivity contribution < 1.29 is 13.2 Å². The van der Waals surface area contributed by atoms with Crippen molar-refractivity contribution in [3.63, 3.8) is 0 Å². The van der Waals surface area contributed by atoms with Gasteiger partial charge >= 0.3 is 6.18 Å². The second kappa shape index (κ2) is 3.75. The Kier molecular flexibility index (Phi) is 2.55. The lowest BCUT2D eigenvalue weighted by molar-refractivity contribution is -0.149. The Hall–Kier alpha value is -1.62. The number of rotatable bonds is 1. The third kappa shape index (κ3) is 1.99. The monoisotopic (exact) mass is 226 g/mol. The van der Waals surface area contributed by atoms with Crippen LogP contribution in [0.2, 0.25) is 0 Å². The summed E-state index contributed by atoms with van der Waals surface area (Å²) in [4.78, 5) is 4.02. The summed E-state index contributed by atoms with van der Waals surface area (Å²) in [5.74, 6) is 0. The van der Waals surface area contributed by atoms with Gasteiger partial charge in [0, 0.05) is 11.6 Å². The van der Waals surface area contributed by atoms with Crippen LogP contribution < -0.4 is 5.73 Å². The smallest absolute Gasteiger partial charge is 0.316 e. The zero-order valence-electron chi connectivity index (χ0n) is 8.20. The number of halogens is 3. The maximum absolute atomic E-state index is 12.4. The van der Waals surface area contributed by atoms with Crippen LogP contribution in [0.5, 0.6) is 0 Å². The highest BCUT2D eigenvalue weighted by molar-refractivity contribution is 5.79. The highest BCUT2D eigenvalue weighted by Crippen LogP contribution is 2.31. The average Bonchev–Trinajstić information content (AvgIpc) is 2.26. The average molecular weight is 226 g/mol. The van der Waals surface area contributed by atoms with Gasteiger partial charge in [-0.2, -0.15) is 13.2 Å². The normalized spacial score (nSPS) is 14.0. The highest BCUT2D eigenvalue weighted by Gasteiger charge is 2.37. The molecule has 0 saturated carbocycles. The van der Waals surface area contributed by atoms with Crippen molar-refractivity contribution >= 4 is 10.9 Å². The predicted molar refractivity (Wildman–Crippen MR) is 54.7 cm³/mol. The van der Waals surface area contributed by atoms with E-state index in [1.165, 1.54) is 18.2 Å². The van der Waals surface area contributed by atoms with Gasteiger partial charge in [0.1, 0.15) is 6.04 Å². The van der Waals surface area contributed by atoms with Crippen LogP contribution in [0.3, 0.4) is 0 Å². The number of nitrogens with two attached hydrogens (primary N) is 1. The van der Waals surface area contributed by atoms with Crippen molar-refractivity contribution in [2.75, 3.05) is 0 Å². The number of aromatic nitrogens is 1. The summed E-state index contributed by atoms with van der Waals surface area (Å²) >= 11 is 0. The molecule has 1 aromatic carbocycles. The van der Waals surface area contributed by atoms with E-state index in [9.17, 15) is 13.2 Å². The van der Waals surface area contributed by atoms with Gasteiger partial charge in [-0.1, -0.05) is 12.1 Å². The van der Waals surface area contributed by atoms with Crippen LogP contribution in [0.25, 0.3) is 10.9 Å².